The van der Waals surface area contributed by atoms with Crippen molar-refractivity contribution in [2.75, 3.05) is 12.4 Å². The summed E-state index contributed by atoms with van der Waals surface area (Å²) < 4.78 is 36.4. The Hall–Kier alpha value is -0.620. The Labute approximate surface area is 119 Å². The summed E-state index contributed by atoms with van der Waals surface area (Å²) in [6.45, 7) is -0.308. The summed E-state index contributed by atoms with van der Waals surface area (Å²) in [4.78, 5) is 11.9. The van der Waals surface area contributed by atoms with E-state index in [1.165, 1.54) is 19.3 Å². The van der Waals surface area contributed by atoms with Crippen molar-refractivity contribution in [2.24, 2.45) is 23.2 Å². The molecule has 0 saturated heterocycles. The molecular formula is C14H21O5S-. The predicted molar refractivity (Wildman–Crippen MR) is 70.7 cm³/mol. The first-order valence-electron chi connectivity index (χ1n) is 7.43. The van der Waals surface area contributed by atoms with Gasteiger partial charge in [0.25, 0.3) is 0 Å². The van der Waals surface area contributed by atoms with Crippen LogP contribution in [0.2, 0.25) is 0 Å². The van der Waals surface area contributed by atoms with Crippen LogP contribution >= 0.6 is 0 Å². The van der Waals surface area contributed by atoms with Crippen LogP contribution in [0, 0.1) is 23.2 Å². The number of hydrogen-bond donors (Lipinski definition) is 0. The van der Waals surface area contributed by atoms with E-state index in [0.29, 0.717) is 6.42 Å². The fourth-order valence-electron chi connectivity index (χ4n) is 5.12. The highest BCUT2D eigenvalue weighted by Crippen LogP contribution is 2.61. The van der Waals surface area contributed by atoms with Gasteiger partial charge in [0.1, 0.15) is 6.61 Å². The molecule has 0 aromatic carbocycles. The first-order valence-corrected chi connectivity index (χ1v) is 9.00. The Morgan fingerprint density at radius 1 is 1.10 bits per heavy atom. The summed E-state index contributed by atoms with van der Waals surface area (Å²) in [5.41, 5.74) is 0.0994. The predicted octanol–water partition coefficient (Wildman–Crippen LogP) is 1.68. The van der Waals surface area contributed by atoms with Crippen molar-refractivity contribution in [1.29, 1.82) is 0 Å². The zero-order valence-corrected chi connectivity index (χ0v) is 12.4. The molecule has 0 amide bonds. The lowest BCUT2D eigenvalue weighted by Crippen LogP contribution is -2.47. The van der Waals surface area contributed by atoms with Gasteiger partial charge in [-0.1, -0.05) is 0 Å². The van der Waals surface area contributed by atoms with E-state index in [-0.39, 0.29) is 18.0 Å². The molecule has 0 spiro atoms. The van der Waals surface area contributed by atoms with E-state index in [1.54, 1.807) is 0 Å². The minimum Gasteiger partial charge on any atom is -0.748 e. The average Bonchev–Trinajstić information content (AvgIpc) is 2.23. The molecule has 0 atom stereocenters. The second kappa shape index (κ2) is 4.98. The molecule has 0 N–H and O–H groups in total. The molecule has 4 aliphatic carbocycles. The molecule has 4 bridgehead atoms. The third-order valence-electron chi connectivity index (χ3n) is 5.28. The molecule has 4 rings (SSSR count). The number of carbonyl (C=O) groups excluding carboxylic acids is 1. The second-order valence-electron chi connectivity index (χ2n) is 7.08. The van der Waals surface area contributed by atoms with Crippen LogP contribution in [0.25, 0.3) is 0 Å². The van der Waals surface area contributed by atoms with E-state index < -0.39 is 15.9 Å². The minimum atomic E-state index is -4.30. The van der Waals surface area contributed by atoms with Gasteiger partial charge in [0.05, 0.1) is 22.3 Å². The number of hydrogen-bond acceptors (Lipinski definition) is 5. The van der Waals surface area contributed by atoms with Gasteiger partial charge in [-0.3, -0.25) is 4.79 Å². The van der Waals surface area contributed by atoms with E-state index >= 15 is 0 Å². The molecule has 0 radical (unpaired) electrons. The van der Waals surface area contributed by atoms with Crippen LogP contribution in [0.15, 0.2) is 0 Å². The van der Waals surface area contributed by atoms with Gasteiger partial charge in [-0.25, -0.2) is 8.42 Å². The van der Waals surface area contributed by atoms with E-state index in [1.807, 2.05) is 0 Å². The van der Waals surface area contributed by atoms with Gasteiger partial charge in [0.15, 0.2) is 0 Å². The van der Waals surface area contributed by atoms with Gasteiger partial charge < -0.3 is 9.29 Å². The molecule has 0 heterocycles. The number of carbonyl (C=O) groups is 1. The standard InChI is InChI=1S/C14H22O5S/c15-13(19-1-2-20(16,17)18)9-14-6-10-3-11(7-14)5-12(4-10)8-14/h10-12H,1-9H2,(H,16,17,18)/p-1. The molecule has 4 aliphatic rings. The van der Waals surface area contributed by atoms with E-state index in [0.717, 1.165) is 37.0 Å². The van der Waals surface area contributed by atoms with Crippen LogP contribution in [-0.4, -0.2) is 31.3 Å². The first kappa shape index (κ1) is 14.3. The van der Waals surface area contributed by atoms with Gasteiger partial charge in [-0.2, -0.15) is 0 Å². The SMILES string of the molecule is O=C(CC12CC3CC(CC(C3)C1)C2)OCCS(=O)(=O)[O-]. The van der Waals surface area contributed by atoms with Crippen LogP contribution in [0.5, 0.6) is 0 Å². The highest BCUT2D eigenvalue weighted by Gasteiger charge is 2.51. The summed E-state index contributed by atoms with van der Waals surface area (Å²) in [7, 11) is -4.30. The molecule has 0 aliphatic heterocycles. The maximum Gasteiger partial charge on any atom is 0.306 e. The summed E-state index contributed by atoms with van der Waals surface area (Å²) >= 11 is 0. The van der Waals surface area contributed by atoms with Crippen LogP contribution in [0.4, 0.5) is 0 Å². The first-order chi connectivity index (χ1) is 9.34. The third-order valence-corrected chi connectivity index (χ3v) is 5.95. The van der Waals surface area contributed by atoms with Gasteiger partial charge in [-0.15, -0.1) is 0 Å². The lowest BCUT2D eigenvalue weighted by Gasteiger charge is -2.56. The van der Waals surface area contributed by atoms with Gasteiger partial charge >= 0.3 is 5.97 Å². The molecular weight excluding hydrogens is 280 g/mol. The monoisotopic (exact) mass is 301 g/mol. The quantitative estimate of drug-likeness (QED) is 0.570. The van der Waals surface area contributed by atoms with Crippen molar-refractivity contribution in [3.8, 4) is 0 Å². The summed E-state index contributed by atoms with van der Waals surface area (Å²) in [5, 5.41) is 0. The minimum absolute atomic E-state index is 0.0994. The van der Waals surface area contributed by atoms with Crippen LogP contribution < -0.4 is 0 Å². The number of rotatable bonds is 5. The van der Waals surface area contributed by atoms with Crippen molar-refractivity contribution < 1.29 is 22.5 Å². The number of ether oxygens (including phenoxy) is 1. The van der Waals surface area contributed by atoms with Gasteiger partial charge in [0.2, 0.25) is 0 Å². The topological polar surface area (TPSA) is 83.5 Å². The van der Waals surface area contributed by atoms with Crippen LogP contribution in [-0.2, 0) is 19.6 Å². The normalized spacial score (nSPS) is 39.0. The Bertz CT molecular complexity index is 460. The highest BCUT2D eigenvalue weighted by atomic mass is 32.2. The molecule has 0 aromatic heterocycles. The molecule has 0 aromatic rings. The second-order valence-corrected chi connectivity index (χ2v) is 8.60. The Balaban J connectivity index is 1.54. The zero-order valence-electron chi connectivity index (χ0n) is 11.5. The van der Waals surface area contributed by atoms with Gasteiger partial charge in [0, 0.05) is 0 Å². The molecule has 4 fully saturated rings. The lowest BCUT2D eigenvalue weighted by atomic mass is 9.49. The lowest BCUT2D eigenvalue weighted by molar-refractivity contribution is -0.151. The van der Waals surface area contributed by atoms with E-state index in [2.05, 4.69) is 0 Å². The fourth-order valence-corrected chi connectivity index (χ4v) is 5.41. The molecule has 0 unspecified atom stereocenters. The summed E-state index contributed by atoms with van der Waals surface area (Å²) in [6.07, 6.45) is 7.72. The van der Waals surface area contributed by atoms with Crippen molar-refractivity contribution in [2.45, 2.75) is 44.9 Å². The third kappa shape index (κ3) is 3.17. The smallest absolute Gasteiger partial charge is 0.306 e. The summed E-state index contributed by atoms with van der Waals surface area (Å²) in [5.74, 6) is 1.36. The molecule has 5 nitrogen and oxygen atoms in total. The highest BCUT2D eigenvalue weighted by molar-refractivity contribution is 7.85. The van der Waals surface area contributed by atoms with Gasteiger partial charge in [-0.05, 0) is 61.7 Å². The van der Waals surface area contributed by atoms with E-state index in [9.17, 15) is 17.8 Å². The maximum atomic E-state index is 11.9. The molecule has 20 heavy (non-hydrogen) atoms. The average molecular weight is 301 g/mol. The maximum absolute atomic E-state index is 11.9. The molecule has 6 heteroatoms. The van der Waals surface area contributed by atoms with Crippen molar-refractivity contribution in [1.82, 2.24) is 0 Å². The zero-order chi connectivity index (χ0) is 14.4. The van der Waals surface area contributed by atoms with Crippen molar-refractivity contribution in [3.05, 3.63) is 0 Å². The Kier molecular flexibility index (Phi) is 3.57. The number of esters is 1. The Morgan fingerprint density at radius 3 is 2.05 bits per heavy atom. The Morgan fingerprint density at radius 2 is 1.60 bits per heavy atom. The van der Waals surface area contributed by atoms with Crippen molar-refractivity contribution in [3.63, 3.8) is 0 Å². The molecule has 114 valence electrons. The largest absolute Gasteiger partial charge is 0.748 e. The van der Waals surface area contributed by atoms with Crippen molar-refractivity contribution >= 4 is 16.1 Å². The van der Waals surface area contributed by atoms with Crippen LogP contribution in [0.1, 0.15) is 44.9 Å². The fraction of sp³-hybridized carbons (Fsp3) is 0.929. The van der Waals surface area contributed by atoms with E-state index in [4.69, 9.17) is 4.74 Å². The van der Waals surface area contributed by atoms with Crippen LogP contribution in [0.3, 0.4) is 0 Å². The molecule has 4 saturated carbocycles. The summed E-state index contributed by atoms with van der Waals surface area (Å²) in [6, 6.07) is 0.